The molecule has 2 aromatic carbocycles. The van der Waals surface area contributed by atoms with E-state index in [9.17, 15) is 14.4 Å². The van der Waals surface area contributed by atoms with Crippen LogP contribution in [0, 0.1) is 0 Å². The molecule has 0 radical (unpaired) electrons. The van der Waals surface area contributed by atoms with E-state index in [0.717, 1.165) is 53.5 Å². The molecule has 8 heteroatoms. The average molecular weight is 504 g/mol. The van der Waals surface area contributed by atoms with Crippen molar-refractivity contribution in [3.8, 4) is 11.5 Å². The van der Waals surface area contributed by atoms with Crippen molar-refractivity contribution in [3.05, 3.63) is 65.4 Å². The largest absolute Gasteiger partial charge is 0.493 e. The third-order valence-electron chi connectivity index (χ3n) is 6.58. The van der Waals surface area contributed by atoms with Crippen LogP contribution in [0.25, 0.3) is 10.9 Å². The van der Waals surface area contributed by atoms with Crippen molar-refractivity contribution in [2.75, 3.05) is 20.3 Å². The number of nitrogens with one attached hydrogen (secondary N) is 1. The number of aromatic nitrogens is 1. The zero-order valence-corrected chi connectivity index (χ0v) is 21.4. The maximum atomic E-state index is 13.0. The van der Waals surface area contributed by atoms with Crippen molar-refractivity contribution < 1.29 is 23.9 Å². The van der Waals surface area contributed by atoms with Crippen LogP contribution in [0.2, 0.25) is 0 Å². The summed E-state index contributed by atoms with van der Waals surface area (Å²) in [7, 11) is 1.53. The van der Waals surface area contributed by atoms with Crippen molar-refractivity contribution in [2.45, 2.75) is 51.6 Å². The smallest absolute Gasteiger partial charge is 0.255 e. The van der Waals surface area contributed by atoms with Crippen LogP contribution in [0.4, 0.5) is 0 Å². The van der Waals surface area contributed by atoms with Crippen molar-refractivity contribution in [1.82, 2.24) is 15.2 Å². The van der Waals surface area contributed by atoms with Gasteiger partial charge >= 0.3 is 0 Å². The third-order valence-corrected chi connectivity index (χ3v) is 6.58. The van der Waals surface area contributed by atoms with Gasteiger partial charge in [0, 0.05) is 41.7 Å². The second-order valence-corrected chi connectivity index (χ2v) is 8.98. The van der Waals surface area contributed by atoms with Gasteiger partial charge in [-0.25, -0.2) is 0 Å². The predicted octanol–water partition coefficient (Wildman–Crippen LogP) is 4.08. The fourth-order valence-corrected chi connectivity index (χ4v) is 4.60. The fraction of sp³-hybridized carbons (Fsp3) is 0.379. The van der Waals surface area contributed by atoms with Crippen LogP contribution in [0.1, 0.15) is 54.2 Å². The second-order valence-electron chi connectivity index (χ2n) is 8.98. The summed E-state index contributed by atoms with van der Waals surface area (Å²) < 4.78 is 12.1. The molecular formula is C29H33N3O5. The van der Waals surface area contributed by atoms with Crippen LogP contribution in [0.5, 0.6) is 11.5 Å². The SMILES string of the molecule is CCc1cc(OCCCCOc2cccc3c2CN(C(CCC=O)C(=O)NC)C3=O)c2ccccc2n1. The van der Waals surface area contributed by atoms with E-state index < -0.39 is 6.04 Å². The van der Waals surface area contributed by atoms with Crippen molar-refractivity contribution in [1.29, 1.82) is 0 Å². The average Bonchev–Trinajstić information content (AvgIpc) is 3.27. The van der Waals surface area contributed by atoms with E-state index in [1.807, 2.05) is 36.4 Å². The number of ether oxygens (including phenoxy) is 2. The highest BCUT2D eigenvalue weighted by atomic mass is 16.5. The van der Waals surface area contributed by atoms with Crippen molar-refractivity contribution in [2.24, 2.45) is 0 Å². The highest BCUT2D eigenvalue weighted by molar-refractivity contribution is 6.01. The number of hydrogen-bond donors (Lipinski definition) is 1. The van der Waals surface area contributed by atoms with Crippen LogP contribution in [-0.4, -0.2) is 54.3 Å². The lowest BCUT2D eigenvalue weighted by Gasteiger charge is -2.25. The van der Waals surface area contributed by atoms with Crippen molar-refractivity contribution in [3.63, 3.8) is 0 Å². The van der Waals surface area contributed by atoms with Gasteiger partial charge in [0.25, 0.3) is 5.91 Å². The number of para-hydroxylation sites is 1. The number of amides is 2. The first-order chi connectivity index (χ1) is 18.1. The Morgan fingerprint density at radius 1 is 1.11 bits per heavy atom. The molecular weight excluding hydrogens is 470 g/mol. The summed E-state index contributed by atoms with van der Waals surface area (Å²) in [5, 5.41) is 3.61. The van der Waals surface area contributed by atoms with Crippen LogP contribution >= 0.6 is 0 Å². The topological polar surface area (TPSA) is 97.8 Å². The van der Waals surface area contributed by atoms with E-state index in [1.54, 1.807) is 12.1 Å². The van der Waals surface area contributed by atoms with Gasteiger partial charge in [-0.1, -0.05) is 25.1 Å². The number of rotatable bonds is 13. The molecule has 1 unspecified atom stereocenters. The highest BCUT2D eigenvalue weighted by Gasteiger charge is 2.37. The number of aldehydes is 1. The minimum Gasteiger partial charge on any atom is -0.493 e. The Bertz CT molecular complexity index is 1280. The lowest BCUT2D eigenvalue weighted by atomic mass is 10.1. The Hall–Kier alpha value is -3.94. The molecule has 1 aliphatic rings. The Morgan fingerprint density at radius 3 is 2.59 bits per heavy atom. The number of unbranched alkanes of at least 4 members (excludes halogenated alkanes) is 1. The molecule has 0 saturated heterocycles. The molecule has 3 aromatic rings. The monoisotopic (exact) mass is 503 g/mol. The number of pyridine rings is 1. The minimum atomic E-state index is -0.697. The second kappa shape index (κ2) is 12.3. The van der Waals surface area contributed by atoms with E-state index in [2.05, 4.69) is 17.2 Å². The zero-order chi connectivity index (χ0) is 26.2. The zero-order valence-electron chi connectivity index (χ0n) is 21.4. The number of fused-ring (bicyclic) bond motifs is 2. The molecule has 0 saturated carbocycles. The highest BCUT2D eigenvalue weighted by Crippen LogP contribution is 2.33. The van der Waals surface area contributed by atoms with Gasteiger partial charge in [0.2, 0.25) is 5.91 Å². The predicted molar refractivity (Wildman–Crippen MR) is 141 cm³/mol. The molecule has 2 heterocycles. The van der Waals surface area contributed by atoms with Gasteiger partial charge < -0.3 is 24.5 Å². The summed E-state index contributed by atoms with van der Waals surface area (Å²) in [6.07, 6.45) is 3.69. The standard InChI is InChI=1S/C29H33N3O5/c1-3-20-18-27(22-10-4-5-12-24(22)31-20)37-17-7-6-16-36-26-14-8-11-21-23(26)19-32(29(21)35)25(13-9-15-33)28(34)30-2/h4-5,8,10-12,14-15,18,25H,3,6-7,9,13,16-17,19H2,1-2H3,(H,30,34). The summed E-state index contributed by atoms with van der Waals surface area (Å²) in [4.78, 5) is 42.5. The number of likely N-dealkylation sites (N-methyl/N-ethyl adjacent to an activating group) is 1. The molecule has 37 heavy (non-hydrogen) atoms. The number of benzene rings is 2. The molecule has 0 bridgehead atoms. The molecule has 194 valence electrons. The number of carbonyl (C=O) groups excluding carboxylic acids is 3. The Labute approximate surface area is 217 Å². The van der Waals surface area contributed by atoms with Gasteiger partial charge in [-0.15, -0.1) is 0 Å². The summed E-state index contributed by atoms with van der Waals surface area (Å²) >= 11 is 0. The number of aryl methyl sites for hydroxylation is 1. The molecule has 1 N–H and O–H groups in total. The molecule has 0 spiro atoms. The summed E-state index contributed by atoms with van der Waals surface area (Å²) in [6.45, 7) is 3.40. The van der Waals surface area contributed by atoms with E-state index in [4.69, 9.17) is 9.47 Å². The van der Waals surface area contributed by atoms with E-state index in [0.29, 0.717) is 24.5 Å². The van der Waals surface area contributed by atoms with Gasteiger partial charge in [0.15, 0.2) is 0 Å². The fourth-order valence-electron chi connectivity index (χ4n) is 4.60. The van der Waals surface area contributed by atoms with Crippen LogP contribution in [0.15, 0.2) is 48.5 Å². The quantitative estimate of drug-likeness (QED) is 0.279. The summed E-state index contributed by atoms with van der Waals surface area (Å²) in [6, 6.07) is 14.7. The maximum Gasteiger partial charge on any atom is 0.255 e. The van der Waals surface area contributed by atoms with Crippen LogP contribution in [-0.2, 0) is 22.6 Å². The van der Waals surface area contributed by atoms with Crippen LogP contribution in [0.3, 0.4) is 0 Å². The van der Waals surface area contributed by atoms with Gasteiger partial charge in [0.1, 0.15) is 23.8 Å². The minimum absolute atomic E-state index is 0.207. The molecule has 1 aromatic heterocycles. The third kappa shape index (κ3) is 5.90. The molecule has 2 amide bonds. The number of hydrogen-bond acceptors (Lipinski definition) is 6. The van der Waals surface area contributed by atoms with Crippen molar-refractivity contribution >= 4 is 29.0 Å². The summed E-state index contributed by atoms with van der Waals surface area (Å²) in [5.41, 5.74) is 3.26. The lowest BCUT2D eigenvalue weighted by molar-refractivity contribution is -0.125. The first kappa shape index (κ1) is 26.1. The molecule has 1 aliphatic heterocycles. The normalized spacial score (nSPS) is 13.4. The number of nitrogens with zero attached hydrogens (tertiary/aromatic N) is 2. The Morgan fingerprint density at radius 2 is 1.86 bits per heavy atom. The van der Waals surface area contributed by atoms with Gasteiger partial charge in [0.05, 0.1) is 25.3 Å². The Balaban J connectivity index is 1.33. The van der Waals surface area contributed by atoms with Gasteiger partial charge in [-0.3, -0.25) is 14.6 Å². The summed E-state index contributed by atoms with van der Waals surface area (Å²) in [5.74, 6) is 0.999. The van der Waals surface area contributed by atoms with E-state index in [-0.39, 0.29) is 31.2 Å². The molecule has 0 aliphatic carbocycles. The number of carbonyl (C=O) groups is 3. The van der Waals surface area contributed by atoms with E-state index in [1.165, 1.54) is 11.9 Å². The Kier molecular flexibility index (Phi) is 8.72. The van der Waals surface area contributed by atoms with E-state index >= 15 is 0 Å². The maximum absolute atomic E-state index is 13.0. The molecule has 0 fully saturated rings. The molecule has 8 nitrogen and oxygen atoms in total. The van der Waals surface area contributed by atoms with Gasteiger partial charge in [-0.2, -0.15) is 0 Å². The van der Waals surface area contributed by atoms with Crippen LogP contribution < -0.4 is 14.8 Å². The first-order valence-electron chi connectivity index (χ1n) is 12.8. The lowest BCUT2D eigenvalue weighted by Crippen LogP contribution is -2.46. The first-order valence-corrected chi connectivity index (χ1v) is 12.8. The van der Waals surface area contributed by atoms with Gasteiger partial charge in [-0.05, 0) is 49.9 Å². The molecule has 4 rings (SSSR count). The molecule has 1 atom stereocenters.